The van der Waals surface area contributed by atoms with E-state index in [9.17, 15) is 4.39 Å². The van der Waals surface area contributed by atoms with Crippen molar-refractivity contribution in [2.75, 3.05) is 18.5 Å². The molecule has 0 unspecified atom stereocenters. The maximum Gasteiger partial charge on any atom is 0.146 e. The van der Waals surface area contributed by atoms with Gasteiger partial charge < -0.3 is 10.2 Å². The molecule has 0 bridgehead atoms. The number of rotatable bonds is 5. The first-order valence-corrected chi connectivity index (χ1v) is 7.00. The Balaban J connectivity index is 2.49. The van der Waals surface area contributed by atoms with E-state index in [1.54, 1.807) is 12.1 Å². The molecule has 0 aliphatic rings. The summed E-state index contributed by atoms with van der Waals surface area (Å²) in [5, 5.41) is 3.80. The SMILES string of the molecule is CCN(c1ccccc1F)c1ccc(Cl)cc1CNC. The van der Waals surface area contributed by atoms with Crippen molar-refractivity contribution in [3.8, 4) is 0 Å². The Morgan fingerprint density at radius 3 is 2.55 bits per heavy atom. The van der Waals surface area contributed by atoms with Crippen molar-refractivity contribution in [2.24, 2.45) is 0 Å². The van der Waals surface area contributed by atoms with E-state index >= 15 is 0 Å². The van der Waals surface area contributed by atoms with Crippen molar-refractivity contribution < 1.29 is 4.39 Å². The van der Waals surface area contributed by atoms with Crippen LogP contribution in [0.15, 0.2) is 42.5 Å². The maximum absolute atomic E-state index is 14.0. The van der Waals surface area contributed by atoms with Gasteiger partial charge in [-0.2, -0.15) is 0 Å². The highest BCUT2D eigenvalue weighted by molar-refractivity contribution is 6.30. The Morgan fingerprint density at radius 1 is 1.15 bits per heavy atom. The summed E-state index contributed by atoms with van der Waals surface area (Å²) in [7, 11) is 1.88. The first-order valence-electron chi connectivity index (χ1n) is 6.62. The molecule has 2 aromatic rings. The highest BCUT2D eigenvalue weighted by Gasteiger charge is 2.15. The largest absolute Gasteiger partial charge is 0.339 e. The van der Waals surface area contributed by atoms with E-state index in [4.69, 9.17) is 11.6 Å². The number of benzene rings is 2. The van der Waals surface area contributed by atoms with Crippen molar-refractivity contribution in [2.45, 2.75) is 13.5 Å². The minimum Gasteiger partial charge on any atom is -0.339 e. The van der Waals surface area contributed by atoms with Crippen molar-refractivity contribution in [3.63, 3.8) is 0 Å². The molecule has 0 atom stereocenters. The molecule has 0 aliphatic carbocycles. The van der Waals surface area contributed by atoms with E-state index in [1.807, 2.05) is 43.1 Å². The second-order valence-corrected chi connectivity index (χ2v) is 4.94. The van der Waals surface area contributed by atoms with Crippen molar-refractivity contribution >= 4 is 23.0 Å². The van der Waals surface area contributed by atoms with Gasteiger partial charge in [-0.3, -0.25) is 0 Å². The van der Waals surface area contributed by atoms with Gasteiger partial charge in [-0.05, 0) is 49.9 Å². The third-order valence-electron chi connectivity index (χ3n) is 3.16. The van der Waals surface area contributed by atoms with E-state index < -0.39 is 0 Å². The summed E-state index contributed by atoms with van der Waals surface area (Å²) in [5.74, 6) is -0.222. The number of nitrogens with zero attached hydrogens (tertiary/aromatic N) is 1. The molecule has 106 valence electrons. The van der Waals surface area contributed by atoms with Crippen LogP contribution in [0, 0.1) is 5.82 Å². The molecule has 0 spiro atoms. The van der Waals surface area contributed by atoms with Crippen LogP contribution in [-0.4, -0.2) is 13.6 Å². The molecule has 0 radical (unpaired) electrons. The summed E-state index contributed by atoms with van der Waals surface area (Å²) in [5.41, 5.74) is 2.59. The normalized spacial score (nSPS) is 10.6. The lowest BCUT2D eigenvalue weighted by Crippen LogP contribution is -2.20. The van der Waals surface area contributed by atoms with E-state index in [2.05, 4.69) is 5.32 Å². The summed E-state index contributed by atoms with van der Waals surface area (Å²) < 4.78 is 14.0. The fourth-order valence-corrected chi connectivity index (χ4v) is 2.49. The molecule has 4 heteroatoms. The smallest absolute Gasteiger partial charge is 0.146 e. The lowest BCUT2D eigenvalue weighted by molar-refractivity contribution is 0.625. The highest BCUT2D eigenvalue weighted by atomic mass is 35.5. The Kier molecular flexibility index (Phi) is 4.99. The van der Waals surface area contributed by atoms with Gasteiger partial charge in [0.05, 0.1) is 5.69 Å². The Labute approximate surface area is 124 Å². The Bertz CT molecular complexity index is 586. The van der Waals surface area contributed by atoms with Gasteiger partial charge in [-0.1, -0.05) is 23.7 Å². The minimum absolute atomic E-state index is 0.222. The predicted octanol–water partition coefficient (Wildman–Crippen LogP) is 4.36. The van der Waals surface area contributed by atoms with E-state index in [0.29, 0.717) is 23.8 Å². The molecule has 2 nitrogen and oxygen atoms in total. The highest BCUT2D eigenvalue weighted by Crippen LogP contribution is 2.31. The number of nitrogens with one attached hydrogen (secondary N) is 1. The Morgan fingerprint density at radius 2 is 1.90 bits per heavy atom. The fourth-order valence-electron chi connectivity index (χ4n) is 2.29. The number of anilines is 2. The van der Waals surface area contributed by atoms with Crippen molar-refractivity contribution in [1.29, 1.82) is 0 Å². The van der Waals surface area contributed by atoms with E-state index in [-0.39, 0.29) is 5.82 Å². The quantitative estimate of drug-likeness (QED) is 0.881. The van der Waals surface area contributed by atoms with Gasteiger partial charge in [0.25, 0.3) is 0 Å². The predicted molar refractivity (Wildman–Crippen MR) is 83.3 cm³/mol. The molecule has 0 fully saturated rings. The molecule has 0 aliphatic heterocycles. The second kappa shape index (κ2) is 6.73. The second-order valence-electron chi connectivity index (χ2n) is 4.50. The number of halogens is 2. The van der Waals surface area contributed by atoms with Crippen molar-refractivity contribution in [3.05, 3.63) is 58.9 Å². The molecule has 0 amide bonds. The first kappa shape index (κ1) is 14.8. The zero-order valence-corrected chi connectivity index (χ0v) is 12.4. The number of para-hydroxylation sites is 1. The third kappa shape index (κ3) is 3.11. The van der Waals surface area contributed by atoms with Crippen LogP contribution in [0.1, 0.15) is 12.5 Å². The van der Waals surface area contributed by atoms with E-state index in [1.165, 1.54) is 6.07 Å². The molecular formula is C16H18ClFN2. The maximum atomic E-state index is 14.0. The van der Waals surface area contributed by atoms with Crippen LogP contribution in [0.2, 0.25) is 5.02 Å². The number of hydrogen-bond acceptors (Lipinski definition) is 2. The summed E-state index contributed by atoms with van der Waals surface area (Å²) >= 11 is 6.06. The van der Waals surface area contributed by atoms with Crippen molar-refractivity contribution in [1.82, 2.24) is 5.32 Å². The zero-order chi connectivity index (χ0) is 14.5. The summed E-state index contributed by atoms with van der Waals surface area (Å²) in [6.45, 7) is 3.37. The monoisotopic (exact) mass is 292 g/mol. The average Bonchev–Trinajstić information content (AvgIpc) is 2.44. The fraction of sp³-hybridized carbons (Fsp3) is 0.250. The molecule has 20 heavy (non-hydrogen) atoms. The standard InChI is InChI=1S/C16H18ClFN2/c1-3-20(16-7-5-4-6-14(16)18)15-9-8-13(17)10-12(15)11-19-2/h4-10,19H,3,11H2,1-2H3. The van der Waals surface area contributed by atoms with Crippen LogP contribution in [-0.2, 0) is 6.54 Å². The van der Waals surface area contributed by atoms with Crippen LogP contribution in [0.3, 0.4) is 0 Å². The van der Waals surface area contributed by atoms with Crippen LogP contribution in [0.5, 0.6) is 0 Å². The van der Waals surface area contributed by atoms with Gasteiger partial charge in [0.15, 0.2) is 0 Å². The summed E-state index contributed by atoms with van der Waals surface area (Å²) in [6.07, 6.45) is 0. The third-order valence-corrected chi connectivity index (χ3v) is 3.39. The van der Waals surface area contributed by atoms with Gasteiger partial charge in [0.1, 0.15) is 5.82 Å². The van der Waals surface area contributed by atoms with Crippen LogP contribution in [0.25, 0.3) is 0 Å². The molecule has 0 heterocycles. The lowest BCUT2D eigenvalue weighted by atomic mass is 10.1. The zero-order valence-electron chi connectivity index (χ0n) is 11.7. The minimum atomic E-state index is -0.222. The molecule has 2 aromatic carbocycles. The molecular weight excluding hydrogens is 275 g/mol. The molecule has 1 N–H and O–H groups in total. The summed E-state index contributed by atoms with van der Waals surface area (Å²) in [6, 6.07) is 12.5. The van der Waals surface area contributed by atoms with Gasteiger partial charge in [0, 0.05) is 23.8 Å². The topological polar surface area (TPSA) is 15.3 Å². The van der Waals surface area contributed by atoms with Gasteiger partial charge in [-0.15, -0.1) is 0 Å². The Hall–Kier alpha value is -1.58. The molecule has 2 rings (SSSR count). The van der Waals surface area contributed by atoms with E-state index in [0.717, 1.165) is 11.3 Å². The van der Waals surface area contributed by atoms with Gasteiger partial charge in [-0.25, -0.2) is 4.39 Å². The lowest BCUT2D eigenvalue weighted by Gasteiger charge is -2.26. The van der Waals surface area contributed by atoms with Gasteiger partial charge in [0.2, 0.25) is 0 Å². The van der Waals surface area contributed by atoms with Crippen LogP contribution >= 0.6 is 11.6 Å². The summed E-state index contributed by atoms with van der Waals surface area (Å²) in [4.78, 5) is 1.96. The number of hydrogen-bond donors (Lipinski definition) is 1. The first-order chi connectivity index (χ1) is 9.67. The van der Waals surface area contributed by atoms with Crippen LogP contribution in [0.4, 0.5) is 15.8 Å². The molecule has 0 saturated heterocycles. The van der Waals surface area contributed by atoms with Gasteiger partial charge >= 0.3 is 0 Å². The molecule has 0 saturated carbocycles. The average molecular weight is 293 g/mol. The molecule has 0 aromatic heterocycles. The van der Waals surface area contributed by atoms with Crippen LogP contribution < -0.4 is 10.2 Å².